The summed E-state index contributed by atoms with van der Waals surface area (Å²) in [5.41, 5.74) is 2.76. The third-order valence-electron chi connectivity index (χ3n) is 4.05. The molecule has 1 aromatic carbocycles. The molecular weight excluding hydrogens is 220 g/mol. The third kappa shape index (κ3) is 3.49. The SMILES string of the molecule is CCc1ccc(N(C)CC2CCNC(C)C2)cc1. The molecule has 0 spiro atoms. The highest BCUT2D eigenvalue weighted by atomic mass is 15.1. The lowest BCUT2D eigenvalue weighted by atomic mass is 9.93. The Hall–Kier alpha value is -1.02. The molecular formula is C16H26N2. The van der Waals surface area contributed by atoms with Crippen molar-refractivity contribution in [2.75, 3.05) is 25.0 Å². The highest BCUT2D eigenvalue weighted by Crippen LogP contribution is 2.21. The van der Waals surface area contributed by atoms with E-state index in [1.54, 1.807) is 0 Å². The van der Waals surface area contributed by atoms with E-state index in [9.17, 15) is 0 Å². The van der Waals surface area contributed by atoms with Crippen LogP contribution >= 0.6 is 0 Å². The highest BCUT2D eigenvalue weighted by Gasteiger charge is 2.19. The number of piperidine rings is 1. The fraction of sp³-hybridized carbons (Fsp3) is 0.625. The van der Waals surface area contributed by atoms with Gasteiger partial charge in [-0.3, -0.25) is 0 Å². The van der Waals surface area contributed by atoms with Crippen molar-refractivity contribution >= 4 is 5.69 Å². The molecule has 0 aromatic heterocycles. The van der Waals surface area contributed by atoms with E-state index in [1.807, 2.05) is 0 Å². The predicted octanol–water partition coefficient (Wildman–Crippen LogP) is 3.07. The molecule has 0 aliphatic carbocycles. The summed E-state index contributed by atoms with van der Waals surface area (Å²) in [5, 5.41) is 3.52. The second-order valence-corrected chi connectivity index (χ2v) is 5.65. The molecule has 1 aliphatic rings. The fourth-order valence-electron chi connectivity index (χ4n) is 2.88. The Morgan fingerprint density at radius 3 is 2.61 bits per heavy atom. The molecule has 1 N–H and O–H groups in total. The molecule has 18 heavy (non-hydrogen) atoms. The zero-order valence-corrected chi connectivity index (χ0v) is 11.9. The molecule has 0 amide bonds. The van der Waals surface area contributed by atoms with E-state index < -0.39 is 0 Å². The van der Waals surface area contributed by atoms with Gasteiger partial charge in [-0.2, -0.15) is 0 Å². The van der Waals surface area contributed by atoms with Crippen LogP contribution in [0.2, 0.25) is 0 Å². The number of nitrogens with one attached hydrogen (secondary N) is 1. The molecule has 1 aromatic rings. The normalized spacial score (nSPS) is 23.9. The van der Waals surface area contributed by atoms with Crippen LogP contribution in [0.5, 0.6) is 0 Å². The minimum absolute atomic E-state index is 0.680. The molecule has 100 valence electrons. The van der Waals surface area contributed by atoms with Crippen molar-refractivity contribution in [2.24, 2.45) is 5.92 Å². The molecule has 2 heteroatoms. The van der Waals surface area contributed by atoms with E-state index in [1.165, 1.54) is 37.2 Å². The number of benzene rings is 1. The summed E-state index contributed by atoms with van der Waals surface area (Å²) >= 11 is 0. The number of nitrogens with zero attached hydrogens (tertiary/aromatic N) is 1. The number of aryl methyl sites for hydroxylation is 1. The van der Waals surface area contributed by atoms with Crippen LogP contribution in [0.15, 0.2) is 24.3 Å². The third-order valence-corrected chi connectivity index (χ3v) is 4.05. The molecule has 2 rings (SSSR count). The van der Waals surface area contributed by atoms with Gasteiger partial charge < -0.3 is 10.2 Å². The average molecular weight is 246 g/mol. The maximum Gasteiger partial charge on any atom is 0.0363 e. The first kappa shape index (κ1) is 13.4. The van der Waals surface area contributed by atoms with E-state index in [-0.39, 0.29) is 0 Å². The summed E-state index contributed by atoms with van der Waals surface area (Å²) in [7, 11) is 2.22. The topological polar surface area (TPSA) is 15.3 Å². The van der Waals surface area contributed by atoms with Crippen LogP contribution < -0.4 is 10.2 Å². The minimum Gasteiger partial charge on any atom is -0.374 e. The van der Waals surface area contributed by atoms with Crippen molar-refractivity contribution in [1.29, 1.82) is 0 Å². The Morgan fingerprint density at radius 2 is 2.00 bits per heavy atom. The zero-order chi connectivity index (χ0) is 13.0. The van der Waals surface area contributed by atoms with Crippen LogP contribution in [0.3, 0.4) is 0 Å². The molecule has 2 nitrogen and oxygen atoms in total. The molecule has 1 heterocycles. The van der Waals surface area contributed by atoms with E-state index in [0.29, 0.717) is 6.04 Å². The van der Waals surface area contributed by atoms with Gasteiger partial charge in [-0.05, 0) is 56.3 Å². The van der Waals surface area contributed by atoms with Gasteiger partial charge >= 0.3 is 0 Å². The van der Waals surface area contributed by atoms with Crippen molar-refractivity contribution in [2.45, 2.75) is 39.2 Å². The molecule has 0 saturated carbocycles. The lowest BCUT2D eigenvalue weighted by Crippen LogP contribution is -2.39. The molecule has 2 atom stereocenters. The van der Waals surface area contributed by atoms with Crippen molar-refractivity contribution in [3.63, 3.8) is 0 Å². The van der Waals surface area contributed by atoms with Crippen molar-refractivity contribution < 1.29 is 0 Å². The highest BCUT2D eigenvalue weighted by molar-refractivity contribution is 5.46. The van der Waals surface area contributed by atoms with Crippen molar-refractivity contribution in [3.8, 4) is 0 Å². The number of rotatable bonds is 4. The monoisotopic (exact) mass is 246 g/mol. The summed E-state index contributed by atoms with van der Waals surface area (Å²) < 4.78 is 0. The standard InChI is InChI=1S/C16H26N2/c1-4-14-5-7-16(8-6-14)18(3)12-15-9-10-17-13(2)11-15/h5-8,13,15,17H,4,9-12H2,1-3H3. The predicted molar refractivity (Wildman–Crippen MR) is 79.3 cm³/mol. The molecule has 0 radical (unpaired) electrons. The molecule has 1 fully saturated rings. The van der Waals surface area contributed by atoms with Crippen LogP contribution in [-0.4, -0.2) is 26.2 Å². The summed E-state index contributed by atoms with van der Waals surface area (Å²) in [6, 6.07) is 9.68. The van der Waals surface area contributed by atoms with Gasteiger partial charge in [0.05, 0.1) is 0 Å². The summed E-state index contributed by atoms with van der Waals surface area (Å²) in [6.07, 6.45) is 3.73. The quantitative estimate of drug-likeness (QED) is 0.878. The Morgan fingerprint density at radius 1 is 1.28 bits per heavy atom. The van der Waals surface area contributed by atoms with Crippen LogP contribution in [0.25, 0.3) is 0 Å². The second kappa shape index (κ2) is 6.24. The van der Waals surface area contributed by atoms with Crippen LogP contribution in [0, 0.1) is 5.92 Å². The van der Waals surface area contributed by atoms with E-state index >= 15 is 0 Å². The first-order chi connectivity index (χ1) is 8.69. The first-order valence-corrected chi connectivity index (χ1v) is 7.22. The van der Waals surface area contributed by atoms with Gasteiger partial charge in [0, 0.05) is 25.3 Å². The molecule has 2 unspecified atom stereocenters. The summed E-state index contributed by atoms with van der Waals surface area (Å²) in [5.74, 6) is 0.831. The fourth-order valence-corrected chi connectivity index (χ4v) is 2.88. The summed E-state index contributed by atoms with van der Waals surface area (Å²) in [4.78, 5) is 2.40. The van der Waals surface area contributed by atoms with Crippen molar-refractivity contribution in [1.82, 2.24) is 5.32 Å². The Kier molecular flexibility index (Phi) is 4.65. The second-order valence-electron chi connectivity index (χ2n) is 5.65. The number of hydrogen-bond acceptors (Lipinski definition) is 2. The van der Waals surface area contributed by atoms with E-state index in [2.05, 4.69) is 55.4 Å². The van der Waals surface area contributed by atoms with Gasteiger partial charge in [-0.15, -0.1) is 0 Å². The zero-order valence-electron chi connectivity index (χ0n) is 11.9. The summed E-state index contributed by atoms with van der Waals surface area (Å²) in [6.45, 7) is 6.85. The Bertz CT molecular complexity index is 358. The first-order valence-electron chi connectivity index (χ1n) is 7.22. The molecule has 1 saturated heterocycles. The molecule has 1 aliphatic heterocycles. The Balaban J connectivity index is 1.91. The van der Waals surface area contributed by atoms with Gasteiger partial charge in [-0.1, -0.05) is 19.1 Å². The van der Waals surface area contributed by atoms with Crippen LogP contribution in [-0.2, 0) is 6.42 Å². The molecule has 0 bridgehead atoms. The maximum atomic E-state index is 3.52. The van der Waals surface area contributed by atoms with E-state index in [4.69, 9.17) is 0 Å². The van der Waals surface area contributed by atoms with Gasteiger partial charge in [-0.25, -0.2) is 0 Å². The number of anilines is 1. The van der Waals surface area contributed by atoms with Gasteiger partial charge in [0.25, 0.3) is 0 Å². The van der Waals surface area contributed by atoms with Gasteiger partial charge in [0.15, 0.2) is 0 Å². The van der Waals surface area contributed by atoms with Crippen LogP contribution in [0.1, 0.15) is 32.3 Å². The Labute approximate surface area is 111 Å². The van der Waals surface area contributed by atoms with Gasteiger partial charge in [0.1, 0.15) is 0 Å². The van der Waals surface area contributed by atoms with Gasteiger partial charge in [0.2, 0.25) is 0 Å². The average Bonchev–Trinajstić information content (AvgIpc) is 2.39. The minimum atomic E-state index is 0.680. The van der Waals surface area contributed by atoms with Crippen molar-refractivity contribution in [3.05, 3.63) is 29.8 Å². The smallest absolute Gasteiger partial charge is 0.0363 e. The maximum absolute atomic E-state index is 3.52. The lowest BCUT2D eigenvalue weighted by Gasteiger charge is -2.32. The lowest BCUT2D eigenvalue weighted by molar-refractivity contribution is 0.319. The number of hydrogen-bond donors (Lipinski definition) is 1. The van der Waals surface area contributed by atoms with Crippen LogP contribution in [0.4, 0.5) is 5.69 Å². The van der Waals surface area contributed by atoms with E-state index in [0.717, 1.165) is 12.3 Å². The largest absolute Gasteiger partial charge is 0.374 e.